The molecule has 0 atom stereocenters. The number of hydrogen-bond acceptors (Lipinski definition) is 8. The fourth-order valence-corrected chi connectivity index (χ4v) is 2.50. The molecule has 2 N–H and O–H groups in total. The first-order chi connectivity index (χ1) is 14.0. The summed E-state index contributed by atoms with van der Waals surface area (Å²) in [5, 5.41) is 11.6. The first-order valence-electron chi connectivity index (χ1n) is 8.11. The highest BCUT2D eigenvalue weighted by Gasteiger charge is 2.25. The minimum absolute atomic E-state index is 0.223. The molecule has 11 heteroatoms. The Balaban J connectivity index is 1.79. The molecule has 0 aliphatic carbocycles. The second-order valence-corrected chi connectivity index (χ2v) is 6.41. The molecule has 2 aromatic carbocycles. The number of rotatable bonds is 7. The van der Waals surface area contributed by atoms with Gasteiger partial charge in [0, 0.05) is 10.0 Å². The highest BCUT2D eigenvalue weighted by molar-refractivity contribution is 9.10. The number of methoxy groups -OCH3 is 1. The van der Waals surface area contributed by atoms with Crippen molar-refractivity contribution in [3.63, 3.8) is 0 Å². The third-order valence-electron chi connectivity index (χ3n) is 3.65. The van der Waals surface area contributed by atoms with Crippen LogP contribution in [0.1, 0.15) is 10.4 Å². The maximum absolute atomic E-state index is 12.2. The van der Waals surface area contributed by atoms with Crippen LogP contribution in [0.4, 0.5) is 11.5 Å². The number of halogens is 1. The molecule has 0 aliphatic rings. The number of hydrogen-bond donors (Lipinski definition) is 2. The molecule has 3 aromatic rings. The Morgan fingerprint density at radius 1 is 1.07 bits per heavy atom. The Morgan fingerprint density at radius 2 is 1.72 bits per heavy atom. The fraction of sp³-hybridized carbons (Fsp3) is 0.0556. The van der Waals surface area contributed by atoms with Gasteiger partial charge >= 0.3 is 11.6 Å². The van der Waals surface area contributed by atoms with E-state index in [2.05, 4.69) is 36.7 Å². The molecule has 10 nitrogen and oxygen atoms in total. The molecule has 29 heavy (non-hydrogen) atoms. The third-order valence-corrected chi connectivity index (χ3v) is 4.17. The lowest BCUT2D eigenvalue weighted by Crippen LogP contribution is -2.30. The molecule has 1 aromatic heterocycles. The summed E-state index contributed by atoms with van der Waals surface area (Å²) >= 11 is 3.28. The molecule has 0 aliphatic heterocycles. The minimum atomic E-state index is -0.701. The van der Waals surface area contributed by atoms with Crippen LogP contribution in [0.25, 0.3) is 0 Å². The average molecular weight is 460 g/mol. The number of nitrogens with one attached hydrogen (secondary N) is 2. The molecule has 1 amide bonds. The van der Waals surface area contributed by atoms with Crippen molar-refractivity contribution >= 4 is 33.3 Å². The molecule has 0 saturated heterocycles. The number of hydrazine groups is 1. The largest absolute Gasteiger partial charge is 0.497 e. The maximum atomic E-state index is 12.2. The highest BCUT2D eigenvalue weighted by atomic mass is 79.9. The lowest BCUT2D eigenvalue weighted by molar-refractivity contribution is -0.385. The Bertz CT molecular complexity index is 1030. The van der Waals surface area contributed by atoms with E-state index in [1.54, 1.807) is 48.5 Å². The van der Waals surface area contributed by atoms with Crippen LogP contribution < -0.4 is 20.3 Å². The van der Waals surface area contributed by atoms with Gasteiger partial charge in [-0.3, -0.25) is 25.8 Å². The van der Waals surface area contributed by atoms with Crippen LogP contribution in [0.5, 0.6) is 17.4 Å². The number of ether oxygens (including phenoxy) is 2. The van der Waals surface area contributed by atoms with E-state index in [4.69, 9.17) is 9.47 Å². The Labute approximate surface area is 173 Å². The first-order valence-corrected chi connectivity index (χ1v) is 8.90. The van der Waals surface area contributed by atoms with Crippen molar-refractivity contribution in [1.82, 2.24) is 15.4 Å². The van der Waals surface area contributed by atoms with Gasteiger partial charge < -0.3 is 9.47 Å². The van der Waals surface area contributed by atoms with Gasteiger partial charge in [-0.2, -0.15) is 4.98 Å². The lowest BCUT2D eigenvalue weighted by Gasteiger charge is -2.10. The summed E-state index contributed by atoms with van der Waals surface area (Å²) in [5.41, 5.74) is 4.64. The second kappa shape index (κ2) is 8.97. The summed E-state index contributed by atoms with van der Waals surface area (Å²) in [7, 11) is 1.52. The fourth-order valence-electron chi connectivity index (χ4n) is 2.24. The Hall–Kier alpha value is -3.73. The molecule has 0 fully saturated rings. The quantitative estimate of drug-likeness (QED) is 0.404. The molecule has 0 saturated carbocycles. The number of nitrogens with zero attached hydrogens (tertiary/aromatic N) is 3. The van der Waals surface area contributed by atoms with Gasteiger partial charge in [-0.25, -0.2) is 4.98 Å². The summed E-state index contributed by atoms with van der Waals surface area (Å²) in [5.74, 6) is -0.0810. The van der Waals surface area contributed by atoms with E-state index in [9.17, 15) is 14.9 Å². The van der Waals surface area contributed by atoms with Crippen molar-refractivity contribution in [1.29, 1.82) is 0 Å². The number of nitro groups is 1. The van der Waals surface area contributed by atoms with E-state index in [0.717, 1.165) is 10.8 Å². The van der Waals surface area contributed by atoms with E-state index in [0.29, 0.717) is 17.1 Å². The molecule has 0 radical (unpaired) electrons. The van der Waals surface area contributed by atoms with Crippen LogP contribution in [0.2, 0.25) is 0 Å². The molecule has 148 valence electrons. The summed E-state index contributed by atoms with van der Waals surface area (Å²) in [6, 6.07) is 13.0. The molecule has 3 rings (SSSR count). The zero-order chi connectivity index (χ0) is 20.8. The van der Waals surface area contributed by atoms with Gasteiger partial charge in [0.1, 0.15) is 17.8 Å². The maximum Gasteiger partial charge on any atom is 0.374 e. The van der Waals surface area contributed by atoms with Crippen LogP contribution in [0, 0.1) is 10.1 Å². The van der Waals surface area contributed by atoms with E-state index >= 15 is 0 Å². The SMILES string of the molecule is COc1ccc(Oc2ncnc(NNC(=O)c3ccc(Br)cc3)c2[N+](=O)[O-])cc1. The zero-order valence-electron chi connectivity index (χ0n) is 15.0. The predicted octanol–water partition coefficient (Wildman–Crippen LogP) is 3.71. The predicted molar refractivity (Wildman–Crippen MR) is 107 cm³/mol. The van der Waals surface area contributed by atoms with Gasteiger partial charge in [-0.1, -0.05) is 15.9 Å². The van der Waals surface area contributed by atoms with Gasteiger partial charge in [0.15, 0.2) is 0 Å². The molecule has 0 unspecified atom stereocenters. The van der Waals surface area contributed by atoms with E-state index in [1.165, 1.54) is 7.11 Å². The van der Waals surface area contributed by atoms with Crippen LogP contribution in [-0.2, 0) is 0 Å². The monoisotopic (exact) mass is 459 g/mol. The smallest absolute Gasteiger partial charge is 0.374 e. The highest BCUT2D eigenvalue weighted by Crippen LogP contribution is 2.34. The normalized spacial score (nSPS) is 10.1. The summed E-state index contributed by atoms with van der Waals surface area (Å²) in [6.45, 7) is 0. The number of anilines is 1. The van der Waals surface area contributed by atoms with Crippen LogP contribution in [0.3, 0.4) is 0 Å². The molecule has 0 spiro atoms. The van der Waals surface area contributed by atoms with Crippen molar-refractivity contribution in [2.24, 2.45) is 0 Å². The number of carbonyl (C=O) groups excluding carboxylic acids is 1. The zero-order valence-corrected chi connectivity index (χ0v) is 16.5. The van der Waals surface area contributed by atoms with Crippen molar-refractivity contribution in [3.8, 4) is 17.4 Å². The van der Waals surface area contributed by atoms with Crippen LogP contribution in [-0.4, -0.2) is 27.9 Å². The van der Waals surface area contributed by atoms with Crippen molar-refractivity contribution in [3.05, 3.63) is 75.0 Å². The molecular formula is C18H14BrN5O5. The summed E-state index contributed by atoms with van der Waals surface area (Å²) in [4.78, 5) is 30.7. The van der Waals surface area contributed by atoms with Gasteiger partial charge in [0.25, 0.3) is 5.91 Å². The number of amides is 1. The van der Waals surface area contributed by atoms with Crippen molar-refractivity contribution < 1.29 is 19.2 Å². The van der Waals surface area contributed by atoms with Crippen molar-refractivity contribution in [2.75, 3.05) is 12.5 Å². The van der Waals surface area contributed by atoms with Gasteiger partial charge in [0.2, 0.25) is 5.82 Å². The van der Waals surface area contributed by atoms with Crippen molar-refractivity contribution in [2.45, 2.75) is 0 Å². The number of carbonyl (C=O) groups is 1. The Kier molecular flexibility index (Phi) is 6.19. The van der Waals surface area contributed by atoms with Crippen LogP contribution in [0.15, 0.2) is 59.3 Å². The van der Waals surface area contributed by atoms with Gasteiger partial charge in [-0.05, 0) is 48.5 Å². The number of aromatic nitrogens is 2. The first kappa shape index (κ1) is 20.0. The van der Waals surface area contributed by atoms with Gasteiger partial charge in [-0.15, -0.1) is 0 Å². The molecule has 0 bridgehead atoms. The molecule has 1 heterocycles. The van der Waals surface area contributed by atoms with Crippen LogP contribution >= 0.6 is 15.9 Å². The van der Waals surface area contributed by atoms with E-state index < -0.39 is 16.5 Å². The third kappa shape index (κ3) is 4.96. The topological polar surface area (TPSA) is 129 Å². The summed E-state index contributed by atoms with van der Waals surface area (Å²) in [6.07, 6.45) is 1.08. The lowest BCUT2D eigenvalue weighted by atomic mass is 10.2. The standard InChI is InChI=1S/C18H14BrN5O5/c1-28-13-6-8-14(9-7-13)29-18-15(24(26)27)16(20-10-21-18)22-23-17(25)11-2-4-12(19)5-3-11/h2-10H,1H3,(H,23,25)(H,20,21,22). The minimum Gasteiger partial charge on any atom is -0.497 e. The Morgan fingerprint density at radius 3 is 2.34 bits per heavy atom. The van der Waals surface area contributed by atoms with E-state index in [1.807, 2.05) is 0 Å². The van der Waals surface area contributed by atoms with E-state index in [-0.39, 0.29) is 11.7 Å². The summed E-state index contributed by atoms with van der Waals surface area (Å²) < 4.78 is 11.4. The van der Waals surface area contributed by atoms with Gasteiger partial charge in [0.05, 0.1) is 12.0 Å². The second-order valence-electron chi connectivity index (χ2n) is 5.50. The average Bonchev–Trinajstić information content (AvgIpc) is 2.73. The molecular weight excluding hydrogens is 446 g/mol. The number of benzene rings is 2.